The lowest BCUT2D eigenvalue weighted by molar-refractivity contribution is 0.533. The van der Waals surface area contributed by atoms with Gasteiger partial charge < -0.3 is 5.73 Å². The number of nitrogens with zero attached hydrogens (tertiary/aromatic N) is 1. The third-order valence-electron chi connectivity index (χ3n) is 2.06. The summed E-state index contributed by atoms with van der Waals surface area (Å²) in [5, 5.41) is 0.304. The van der Waals surface area contributed by atoms with E-state index in [0.29, 0.717) is 10.7 Å². The van der Waals surface area contributed by atoms with Gasteiger partial charge in [0.1, 0.15) is 5.82 Å². The van der Waals surface area contributed by atoms with Gasteiger partial charge in [0.15, 0.2) is 0 Å². The lowest BCUT2D eigenvalue weighted by Gasteiger charge is -2.15. The molecular formula is C9H12ClFN2. The standard InChI is InChI=1S/C9H12ClFN2/c1-5(6(2)12)9-8(11)3-7(10)4-13-9/h3-6H,12H2,1-2H3. The molecule has 2 atom stereocenters. The SMILES string of the molecule is CC(N)C(C)c1ncc(Cl)cc1F. The van der Waals surface area contributed by atoms with E-state index in [4.69, 9.17) is 17.3 Å². The van der Waals surface area contributed by atoms with Crippen LogP contribution in [0.1, 0.15) is 25.5 Å². The number of rotatable bonds is 2. The summed E-state index contributed by atoms with van der Waals surface area (Å²) in [5.41, 5.74) is 6.01. The monoisotopic (exact) mass is 202 g/mol. The molecule has 1 heterocycles. The average Bonchev–Trinajstić information content (AvgIpc) is 2.03. The molecule has 0 spiro atoms. The molecule has 72 valence electrons. The third-order valence-corrected chi connectivity index (χ3v) is 2.26. The summed E-state index contributed by atoms with van der Waals surface area (Å²) in [7, 11) is 0. The summed E-state index contributed by atoms with van der Waals surface area (Å²) in [6.45, 7) is 3.66. The Balaban J connectivity index is 3.01. The van der Waals surface area contributed by atoms with Crippen molar-refractivity contribution in [2.45, 2.75) is 25.8 Å². The van der Waals surface area contributed by atoms with Gasteiger partial charge in [-0.3, -0.25) is 4.98 Å². The number of halogens is 2. The van der Waals surface area contributed by atoms with Crippen molar-refractivity contribution in [3.8, 4) is 0 Å². The molecule has 0 amide bonds. The minimum Gasteiger partial charge on any atom is -0.327 e. The minimum absolute atomic E-state index is 0.0998. The number of aromatic nitrogens is 1. The van der Waals surface area contributed by atoms with E-state index in [1.807, 2.05) is 13.8 Å². The van der Waals surface area contributed by atoms with Crippen LogP contribution in [-0.4, -0.2) is 11.0 Å². The van der Waals surface area contributed by atoms with Crippen LogP contribution in [0.5, 0.6) is 0 Å². The lowest BCUT2D eigenvalue weighted by atomic mass is 10.00. The predicted molar refractivity (Wildman–Crippen MR) is 51.3 cm³/mol. The molecule has 0 aliphatic heterocycles. The van der Waals surface area contributed by atoms with Gasteiger partial charge in [-0.1, -0.05) is 18.5 Å². The first kappa shape index (κ1) is 10.4. The first-order valence-corrected chi connectivity index (χ1v) is 4.46. The van der Waals surface area contributed by atoms with Crippen LogP contribution < -0.4 is 5.73 Å². The molecule has 0 radical (unpaired) electrons. The lowest BCUT2D eigenvalue weighted by Crippen LogP contribution is -2.24. The van der Waals surface area contributed by atoms with E-state index >= 15 is 0 Å². The van der Waals surface area contributed by atoms with Gasteiger partial charge >= 0.3 is 0 Å². The van der Waals surface area contributed by atoms with Gasteiger partial charge in [0, 0.05) is 18.2 Å². The zero-order valence-corrected chi connectivity index (χ0v) is 8.35. The Morgan fingerprint density at radius 2 is 2.15 bits per heavy atom. The maximum Gasteiger partial charge on any atom is 0.146 e. The Labute approximate surface area is 81.9 Å². The van der Waals surface area contributed by atoms with Crippen molar-refractivity contribution in [2.24, 2.45) is 5.73 Å². The first-order valence-electron chi connectivity index (χ1n) is 4.09. The topological polar surface area (TPSA) is 38.9 Å². The molecule has 1 aromatic heterocycles. The van der Waals surface area contributed by atoms with E-state index in [9.17, 15) is 4.39 Å². The molecule has 2 unspecified atom stereocenters. The average molecular weight is 203 g/mol. The molecule has 4 heteroatoms. The molecule has 13 heavy (non-hydrogen) atoms. The highest BCUT2D eigenvalue weighted by atomic mass is 35.5. The van der Waals surface area contributed by atoms with E-state index in [0.717, 1.165) is 0 Å². The fourth-order valence-electron chi connectivity index (χ4n) is 1.01. The molecule has 0 aromatic carbocycles. The second-order valence-electron chi connectivity index (χ2n) is 3.17. The molecule has 1 rings (SSSR count). The molecule has 2 nitrogen and oxygen atoms in total. The van der Waals surface area contributed by atoms with Crippen LogP contribution in [0.25, 0.3) is 0 Å². The summed E-state index contributed by atoms with van der Waals surface area (Å²) in [4.78, 5) is 3.91. The van der Waals surface area contributed by atoms with Crippen LogP contribution in [0.3, 0.4) is 0 Å². The van der Waals surface area contributed by atoms with E-state index < -0.39 is 5.82 Å². The highest BCUT2D eigenvalue weighted by Crippen LogP contribution is 2.20. The Morgan fingerprint density at radius 1 is 1.54 bits per heavy atom. The Bertz CT molecular complexity index is 302. The van der Waals surface area contributed by atoms with Crippen LogP contribution >= 0.6 is 11.6 Å². The first-order chi connectivity index (χ1) is 6.02. The summed E-state index contributed by atoms with van der Waals surface area (Å²) >= 11 is 5.57. The van der Waals surface area contributed by atoms with Gasteiger partial charge in [-0.15, -0.1) is 0 Å². The molecule has 2 N–H and O–H groups in total. The van der Waals surface area contributed by atoms with Crippen LogP contribution in [0, 0.1) is 5.82 Å². The molecule has 1 aromatic rings. The molecule has 0 aliphatic carbocycles. The zero-order valence-electron chi connectivity index (χ0n) is 7.59. The molecule has 0 fully saturated rings. The van der Waals surface area contributed by atoms with Gasteiger partial charge in [0.2, 0.25) is 0 Å². The van der Waals surface area contributed by atoms with Crippen molar-refractivity contribution >= 4 is 11.6 Å². The summed E-state index contributed by atoms with van der Waals surface area (Å²) < 4.78 is 13.3. The second-order valence-corrected chi connectivity index (χ2v) is 3.60. The Kier molecular flexibility index (Phi) is 3.22. The highest BCUT2D eigenvalue weighted by molar-refractivity contribution is 6.30. The second kappa shape index (κ2) is 4.03. The number of nitrogens with two attached hydrogens (primary N) is 1. The summed E-state index contributed by atoms with van der Waals surface area (Å²) in [6, 6.07) is 1.13. The molecule has 0 saturated heterocycles. The molecule has 0 saturated carbocycles. The van der Waals surface area contributed by atoms with Crippen LogP contribution in [0.15, 0.2) is 12.3 Å². The van der Waals surface area contributed by atoms with Gasteiger partial charge in [-0.25, -0.2) is 4.39 Å². The number of hydrogen-bond donors (Lipinski definition) is 1. The predicted octanol–water partition coefficient (Wildman–Crippen LogP) is 2.32. The van der Waals surface area contributed by atoms with E-state index in [-0.39, 0.29) is 12.0 Å². The van der Waals surface area contributed by atoms with Crippen molar-refractivity contribution < 1.29 is 4.39 Å². The van der Waals surface area contributed by atoms with E-state index in [2.05, 4.69) is 4.98 Å². The van der Waals surface area contributed by atoms with Crippen molar-refractivity contribution in [3.05, 3.63) is 28.8 Å². The van der Waals surface area contributed by atoms with Gasteiger partial charge in [0.25, 0.3) is 0 Å². The molecular weight excluding hydrogens is 191 g/mol. The van der Waals surface area contributed by atoms with Crippen LogP contribution in [-0.2, 0) is 0 Å². The van der Waals surface area contributed by atoms with Crippen molar-refractivity contribution in [3.63, 3.8) is 0 Å². The van der Waals surface area contributed by atoms with Crippen molar-refractivity contribution in [1.82, 2.24) is 4.98 Å². The maximum atomic E-state index is 13.3. The fraction of sp³-hybridized carbons (Fsp3) is 0.444. The van der Waals surface area contributed by atoms with E-state index in [1.165, 1.54) is 12.3 Å². The van der Waals surface area contributed by atoms with Crippen LogP contribution in [0.2, 0.25) is 5.02 Å². The fourth-order valence-corrected chi connectivity index (χ4v) is 1.15. The minimum atomic E-state index is -0.391. The zero-order chi connectivity index (χ0) is 10.0. The van der Waals surface area contributed by atoms with Crippen LogP contribution in [0.4, 0.5) is 4.39 Å². The normalized spacial score (nSPS) is 15.5. The van der Waals surface area contributed by atoms with Gasteiger partial charge in [-0.2, -0.15) is 0 Å². The van der Waals surface area contributed by atoms with Crippen molar-refractivity contribution in [1.29, 1.82) is 0 Å². The molecule has 0 bridgehead atoms. The van der Waals surface area contributed by atoms with Gasteiger partial charge in [0.05, 0.1) is 10.7 Å². The molecule has 0 aliphatic rings. The quantitative estimate of drug-likeness (QED) is 0.800. The Morgan fingerprint density at radius 3 is 2.62 bits per heavy atom. The van der Waals surface area contributed by atoms with Gasteiger partial charge in [-0.05, 0) is 13.0 Å². The van der Waals surface area contributed by atoms with Crippen molar-refractivity contribution in [2.75, 3.05) is 0 Å². The Hall–Kier alpha value is -0.670. The largest absolute Gasteiger partial charge is 0.327 e. The number of hydrogen-bond acceptors (Lipinski definition) is 2. The number of pyridine rings is 1. The summed E-state index contributed by atoms with van der Waals surface area (Å²) in [6.07, 6.45) is 1.43. The maximum absolute atomic E-state index is 13.3. The van der Waals surface area contributed by atoms with E-state index in [1.54, 1.807) is 0 Å². The smallest absolute Gasteiger partial charge is 0.146 e. The summed E-state index contributed by atoms with van der Waals surface area (Å²) in [5.74, 6) is -0.491. The third kappa shape index (κ3) is 2.39. The highest BCUT2D eigenvalue weighted by Gasteiger charge is 2.16.